The molecule has 104 valence electrons. The molecule has 0 aliphatic carbocycles. The zero-order valence-corrected chi connectivity index (χ0v) is 12.1. The number of rotatable bonds is 5. The van der Waals surface area contributed by atoms with Crippen LogP contribution in [0.2, 0.25) is 0 Å². The third kappa shape index (κ3) is 3.55. The number of pyridine rings is 1. The number of aryl methyl sites for hydroxylation is 1. The standard InChI is InChI=1S/C14H15N3O2S/c1-10-7-11(8-15-2)9-16-14(10)20-13-5-3-12(4-6-13)17(18)19/h3-7,9,15H,8H2,1-2H3. The van der Waals surface area contributed by atoms with Gasteiger partial charge < -0.3 is 5.32 Å². The average Bonchev–Trinajstić information content (AvgIpc) is 2.43. The first kappa shape index (κ1) is 14.5. The Hall–Kier alpha value is -1.92. The number of hydrogen-bond donors (Lipinski definition) is 1. The predicted octanol–water partition coefficient (Wildman–Crippen LogP) is 3.17. The molecule has 0 aliphatic heterocycles. The van der Waals surface area contributed by atoms with E-state index in [1.165, 1.54) is 23.9 Å². The van der Waals surface area contributed by atoms with Crippen LogP contribution in [0.5, 0.6) is 0 Å². The van der Waals surface area contributed by atoms with Crippen LogP contribution in [0.1, 0.15) is 11.1 Å². The Morgan fingerprint density at radius 3 is 2.60 bits per heavy atom. The molecule has 1 N–H and O–H groups in total. The van der Waals surface area contributed by atoms with Crippen LogP contribution < -0.4 is 5.32 Å². The van der Waals surface area contributed by atoms with E-state index in [1.54, 1.807) is 12.1 Å². The number of aromatic nitrogens is 1. The number of nitrogens with one attached hydrogen (secondary N) is 1. The molecule has 0 saturated heterocycles. The molecule has 0 saturated carbocycles. The van der Waals surface area contributed by atoms with Gasteiger partial charge in [0.25, 0.3) is 5.69 Å². The molecule has 5 nitrogen and oxygen atoms in total. The van der Waals surface area contributed by atoms with Crippen LogP contribution in [0.15, 0.2) is 46.5 Å². The number of nitrogens with zero attached hydrogens (tertiary/aromatic N) is 2. The maximum atomic E-state index is 10.6. The van der Waals surface area contributed by atoms with Gasteiger partial charge >= 0.3 is 0 Å². The summed E-state index contributed by atoms with van der Waals surface area (Å²) in [4.78, 5) is 15.6. The van der Waals surface area contributed by atoms with E-state index in [2.05, 4.69) is 16.4 Å². The molecule has 0 aliphatic rings. The second kappa shape index (κ2) is 6.49. The first-order valence-electron chi connectivity index (χ1n) is 6.12. The second-order valence-electron chi connectivity index (χ2n) is 4.35. The van der Waals surface area contributed by atoms with Gasteiger partial charge in [-0.05, 0) is 37.2 Å². The molecular formula is C14H15N3O2S. The first-order valence-corrected chi connectivity index (χ1v) is 6.94. The highest BCUT2D eigenvalue weighted by Crippen LogP contribution is 2.29. The normalized spacial score (nSPS) is 10.5. The van der Waals surface area contributed by atoms with Crippen molar-refractivity contribution in [2.24, 2.45) is 0 Å². The Kier molecular flexibility index (Phi) is 4.70. The van der Waals surface area contributed by atoms with E-state index in [0.29, 0.717) is 0 Å². The molecule has 1 heterocycles. The fourth-order valence-electron chi connectivity index (χ4n) is 1.78. The lowest BCUT2D eigenvalue weighted by Gasteiger charge is -2.07. The minimum Gasteiger partial charge on any atom is -0.316 e. The van der Waals surface area contributed by atoms with Gasteiger partial charge in [0.2, 0.25) is 0 Å². The van der Waals surface area contributed by atoms with E-state index in [9.17, 15) is 10.1 Å². The van der Waals surface area contributed by atoms with E-state index >= 15 is 0 Å². The molecule has 0 unspecified atom stereocenters. The van der Waals surface area contributed by atoms with E-state index < -0.39 is 4.92 Å². The molecule has 20 heavy (non-hydrogen) atoms. The minimum absolute atomic E-state index is 0.100. The van der Waals surface area contributed by atoms with Gasteiger partial charge in [0, 0.05) is 29.8 Å². The van der Waals surface area contributed by atoms with Crippen molar-refractivity contribution in [3.05, 3.63) is 57.8 Å². The number of benzene rings is 1. The SMILES string of the molecule is CNCc1cnc(Sc2ccc([N+](=O)[O-])cc2)c(C)c1. The lowest BCUT2D eigenvalue weighted by Crippen LogP contribution is -2.05. The molecular weight excluding hydrogens is 274 g/mol. The molecule has 0 bridgehead atoms. The fraction of sp³-hybridized carbons (Fsp3) is 0.214. The highest BCUT2D eigenvalue weighted by Gasteiger charge is 2.07. The largest absolute Gasteiger partial charge is 0.316 e. The second-order valence-corrected chi connectivity index (χ2v) is 5.41. The van der Waals surface area contributed by atoms with Crippen molar-refractivity contribution in [2.45, 2.75) is 23.4 Å². The summed E-state index contributed by atoms with van der Waals surface area (Å²) >= 11 is 1.51. The summed E-state index contributed by atoms with van der Waals surface area (Å²) in [6.07, 6.45) is 1.84. The molecule has 1 aromatic carbocycles. The number of non-ortho nitro benzene ring substituents is 1. The predicted molar refractivity (Wildman–Crippen MR) is 79.0 cm³/mol. The van der Waals surface area contributed by atoms with Crippen LogP contribution in [0.4, 0.5) is 5.69 Å². The number of nitro groups is 1. The molecule has 2 rings (SSSR count). The van der Waals surface area contributed by atoms with Crippen LogP contribution in [-0.2, 0) is 6.54 Å². The van der Waals surface area contributed by atoms with Gasteiger partial charge in [-0.1, -0.05) is 17.8 Å². The maximum Gasteiger partial charge on any atom is 0.269 e. The molecule has 1 aromatic heterocycles. The Labute approximate surface area is 121 Å². The van der Waals surface area contributed by atoms with Crippen molar-refractivity contribution in [3.8, 4) is 0 Å². The number of hydrogen-bond acceptors (Lipinski definition) is 5. The third-order valence-electron chi connectivity index (χ3n) is 2.73. The van der Waals surface area contributed by atoms with Gasteiger partial charge in [0.15, 0.2) is 0 Å². The van der Waals surface area contributed by atoms with Crippen LogP contribution >= 0.6 is 11.8 Å². The molecule has 0 atom stereocenters. The lowest BCUT2D eigenvalue weighted by atomic mass is 10.2. The van der Waals surface area contributed by atoms with Gasteiger partial charge in [0.05, 0.1) is 4.92 Å². The Balaban J connectivity index is 2.15. The van der Waals surface area contributed by atoms with Crippen molar-refractivity contribution in [3.63, 3.8) is 0 Å². The van der Waals surface area contributed by atoms with Gasteiger partial charge in [0.1, 0.15) is 5.03 Å². The summed E-state index contributed by atoms with van der Waals surface area (Å²) in [6.45, 7) is 2.80. The summed E-state index contributed by atoms with van der Waals surface area (Å²) in [7, 11) is 1.90. The van der Waals surface area contributed by atoms with Crippen LogP contribution in [-0.4, -0.2) is 17.0 Å². The Bertz CT molecular complexity index is 614. The minimum atomic E-state index is -0.398. The molecule has 0 radical (unpaired) electrons. The average molecular weight is 289 g/mol. The zero-order chi connectivity index (χ0) is 14.5. The van der Waals surface area contributed by atoms with Crippen molar-refractivity contribution >= 4 is 17.4 Å². The van der Waals surface area contributed by atoms with Crippen molar-refractivity contribution in [2.75, 3.05) is 7.05 Å². The Morgan fingerprint density at radius 1 is 1.35 bits per heavy atom. The van der Waals surface area contributed by atoms with Gasteiger partial charge in [-0.15, -0.1) is 0 Å². The summed E-state index contributed by atoms with van der Waals surface area (Å²) < 4.78 is 0. The topological polar surface area (TPSA) is 68.1 Å². The van der Waals surface area contributed by atoms with Crippen LogP contribution in [0.25, 0.3) is 0 Å². The molecule has 0 spiro atoms. The smallest absolute Gasteiger partial charge is 0.269 e. The van der Waals surface area contributed by atoms with E-state index in [4.69, 9.17) is 0 Å². The van der Waals surface area contributed by atoms with Crippen molar-refractivity contribution < 1.29 is 4.92 Å². The summed E-state index contributed by atoms with van der Waals surface area (Å²) in [6, 6.07) is 8.59. The van der Waals surface area contributed by atoms with Crippen molar-refractivity contribution in [1.29, 1.82) is 0 Å². The van der Waals surface area contributed by atoms with Gasteiger partial charge in [-0.25, -0.2) is 4.98 Å². The lowest BCUT2D eigenvalue weighted by molar-refractivity contribution is -0.384. The first-order chi connectivity index (χ1) is 9.60. The fourth-order valence-corrected chi connectivity index (χ4v) is 2.60. The van der Waals surface area contributed by atoms with E-state index in [0.717, 1.165) is 27.6 Å². The molecule has 0 amide bonds. The quantitative estimate of drug-likeness (QED) is 0.676. The molecule has 6 heteroatoms. The van der Waals surface area contributed by atoms with Crippen LogP contribution in [0, 0.1) is 17.0 Å². The molecule has 0 fully saturated rings. The summed E-state index contributed by atoms with van der Waals surface area (Å²) in [5.41, 5.74) is 2.34. The molecule has 2 aromatic rings. The number of nitro benzene ring substituents is 1. The Morgan fingerprint density at radius 2 is 2.05 bits per heavy atom. The van der Waals surface area contributed by atoms with Gasteiger partial charge in [-0.2, -0.15) is 0 Å². The maximum absolute atomic E-state index is 10.6. The summed E-state index contributed by atoms with van der Waals surface area (Å²) in [5, 5.41) is 14.6. The van der Waals surface area contributed by atoms with Crippen LogP contribution in [0.3, 0.4) is 0 Å². The van der Waals surface area contributed by atoms with Gasteiger partial charge in [-0.3, -0.25) is 10.1 Å². The highest BCUT2D eigenvalue weighted by atomic mass is 32.2. The van der Waals surface area contributed by atoms with E-state index in [1.807, 2.05) is 20.2 Å². The van der Waals surface area contributed by atoms with Crippen molar-refractivity contribution in [1.82, 2.24) is 10.3 Å². The monoisotopic (exact) mass is 289 g/mol. The summed E-state index contributed by atoms with van der Waals surface area (Å²) in [5.74, 6) is 0. The van der Waals surface area contributed by atoms with E-state index in [-0.39, 0.29) is 5.69 Å². The highest BCUT2D eigenvalue weighted by molar-refractivity contribution is 7.99. The third-order valence-corrected chi connectivity index (χ3v) is 3.86. The zero-order valence-electron chi connectivity index (χ0n) is 11.3.